The fourth-order valence-electron chi connectivity index (χ4n) is 2.90. The van der Waals surface area contributed by atoms with Gasteiger partial charge in [0.05, 0.1) is 12.3 Å². The third kappa shape index (κ3) is 3.71. The summed E-state index contributed by atoms with van der Waals surface area (Å²) in [5.41, 5.74) is 7.09. The lowest BCUT2D eigenvalue weighted by Crippen LogP contribution is -2.45. The molecule has 1 saturated heterocycles. The van der Waals surface area contributed by atoms with Gasteiger partial charge in [-0.15, -0.1) is 0 Å². The molecule has 0 atom stereocenters. The largest absolute Gasteiger partial charge is 0.492 e. The van der Waals surface area contributed by atoms with Crippen LogP contribution in [0, 0.1) is 0 Å². The van der Waals surface area contributed by atoms with Gasteiger partial charge in [0.2, 0.25) is 0 Å². The van der Waals surface area contributed by atoms with E-state index in [1.807, 2.05) is 11.8 Å². The normalized spacial score (nSPS) is 16.1. The first-order valence-electron chi connectivity index (χ1n) is 8.08. The first kappa shape index (κ1) is 16.6. The topological polar surface area (TPSA) is 58.8 Å². The molecular formula is C17H27N3O2. The summed E-state index contributed by atoms with van der Waals surface area (Å²) in [5.74, 6) is 0.660. The van der Waals surface area contributed by atoms with Gasteiger partial charge in [0.25, 0.3) is 5.91 Å². The summed E-state index contributed by atoms with van der Waals surface area (Å²) in [6.07, 6.45) is 2.06. The van der Waals surface area contributed by atoms with Gasteiger partial charge in [-0.1, -0.05) is 6.92 Å². The molecule has 0 spiro atoms. The van der Waals surface area contributed by atoms with Crippen molar-refractivity contribution in [3.63, 3.8) is 0 Å². The molecule has 0 bridgehead atoms. The zero-order chi connectivity index (χ0) is 16.1. The van der Waals surface area contributed by atoms with Crippen molar-refractivity contribution in [3.05, 3.63) is 23.8 Å². The first-order chi connectivity index (χ1) is 10.6. The van der Waals surface area contributed by atoms with E-state index in [1.165, 1.54) is 0 Å². The number of likely N-dealkylation sites (tertiary alicyclic amines) is 1. The molecule has 0 aliphatic carbocycles. The monoisotopic (exact) mass is 305 g/mol. The number of nitrogens with two attached hydrogens (primary N) is 1. The Morgan fingerprint density at radius 2 is 2.05 bits per heavy atom. The lowest BCUT2D eigenvalue weighted by Gasteiger charge is -2.36. The van der Waals surface area contributed by atoms with Crippen LogP contribution < -0.4 is 10.5 Å². The number of rotatable bonds is 5. The molecule has 5 heteroatoms. The standard InChI is InChI=1S/C17H27N3O2/c1-4-19(3)14-8-10-20(11-9-14)17(21)13-6-7-15(18)16(12-13)22-5-2/h6-7,12,14H,4-5,8-11,18H2,1-3H3. The van der Waals surface area contributed by atoms with Crippen LogP contribution in [0.4, 0.5) is 5.69 Å². The molecule has 0 aromatic heterocycles. The Morgan fingerprint density at radius 3 is 2.64 bits per heavy atom. The maximum Gasteiger partial charge on any atom is 0.253 e. The number of ether oxygens (including phenoxy) is 1. The summed E-state index contributed by atoms with van der Waals surface area (Å²) in [7, 11) is 2.15. The lowest BCUT2D eigenvalue weighted by molar-refractivity contribution is 0.0650. The summed E-state index contributed by atoms with van der Waals surface area (Å²) in [4.78, 5) is 16.9. The van der Waals surface area contributed by atoms with Crippen LogP contribution in [0.5, 0.6) is 5.75 Å². The Hall–Kier alpha value is -1.75. The molecule has 1 aromatic carbocycles. The molecule has 1 aromatic rings. The molecule has 122 valence electrons. The highest BCUT2D eigenvalue weighted by atomic mass is 16.5. The highest BCUT2D eigenvalue weighted by Gasteiger charge is 2.25. The number of anilines is 1. The van der Waals surface area contributed by atoms with Crippen molar-refractivity contribution in [1.29, 1.82) is 0 Å². The minimum absolute atomic E-state index is 0.0681. The van der Waals surface area contributed by atoms with Crippen LogP contribution in [0.2, 0.25) is 0 Å². The predicted molar refractivity (Wildman–Crippen MR) is 89.3 cm³/mol. The fraction of sp³-hybridized carbons (Fsp3) is 0.588. The summed E-state index contributed by atoms with van der Waals surface area (Å²) in [6, 6.07) is 5.87. The number of carbonyl (C=O) groups is 1. The van der Waals surface area contributed by atoms with Gasteiger partial charge in [0, 0.05) is 24.7 Å². The van der Waals surface area contributed by atoms with Gasteiger partial charge in [-0.05, 0) is 51.6 Å². The maximum absolute atomic E-state index is 12.6. The Morgan fingerprint density at radius 1 is 1.36 bits per heavy atom. The highest BCUT2D eigenvalue weighted by Crippen LogP contribution is 2.24. The van der Waals surface area contributed by atoms with Crippen molar-refractivity contribution < 1.29 is 9.53 Å². The minimum Gasteiger partial charge on any atom is -0.492 e. The van der Waals surface area contributed by atoms with Crippen molar-refractivity contribution in [2.45, 2.75) is 32.7 Å². The van der Waals surface area contributed by atoms with Crippen molar-refractivity contribution in [2.24, 2.45) is 0 Å². The van der Waals surface area contributed by atoms with Gasteiger partial charge in [0.1, 0.15) is 5.75 Å². The van der Waals surface area contributed by atoms with Crippen LogP contribution >= 0.6 is 0 Å². The molecule has 1 heterocycles. The maximum atomic E-state index is 12.6. The molecule has 22 heavy (non-hydrogen) atoms. The Bertz CT molecular complexity index is 511. The molecule has 1 amide bonds. The van der Waals surface area contributed by atoms with E-state index in [0.717, 1.165) is 32.5 Å². The third-order valence-electron chi connectivity index (χ3n) is 4.43. The van der Waals surface area contributed by atoms with E-state index < -0.39 is 0 Å². The second kappa shape index (κ2) is 7.49. The smallest absolute Gasteiger partial charge is 0.253 e. The van der Waals surface area contributed by atoms with E-state index in [9.17, 15) is 4.79 Å². The fourth-order valence-corrected chi connectivity index (χ4v) is 2.90. The SMILES string of the molecule is CCOc1cc(C(=O)N2CCC(N(C)CC)CC2)ccc1N. The van der Waals surface area contributed by atoms with Crippen LogP contribution in [0.25, 0.3) is 0 Å². The second-order valence-corrected chi connectivity index (χ2v) is 5.78. The van der Waals surface area contributed by atoms with E-state index in [1.54, 1.807) is 18.2 Å². The van der Waals surface area contributed by atoms with E-state index in [4.69, 9.17) is 10.5 Å². The Kier molecular flexibility index (Phi) is 5.66. The number of hydrogen-bond acceptors (Lipinski definition) is 4. The summed E-state index contributed by atoms with van der Waals surface area (Å²) < 4.78 is 5.48. The Balaban J connectivity index is 2.02. The number of nitrogen functional groups attached to an aromatic ring is 1. The Labute approximate surface area is 133 Å². The van der Waals surface area contributed by atoms with E-state index >= 15 is 0 Å². The molecule has 1 aliphatic rings. The van der Waals surface area contributed by atoms with E-state index in [2.05, 4.69) is 18.9 Å². The van der Waals surface area contributed by atoms with Crippen LogP contribution in [0.15, 0.2) is 18.2 Å². The van der Waals surface area contributed by atoms with Gasteiger partial charge >= 0.3 is 0 Å². The number of carbonyl (C=O) groups excluding carboxylic acids is 1. The van der Waals surface area contributed by atoms with Crippen LogP contribution in [-0.4, -0.2) is 55.0 Å². The van der Waals surface area contributed by atoms with Crippen molar-refractivity contribution in [2.75, 3.05) is 39.0 Å². The molecule has 2 rings (SSSR count). The quantitative estimate of drug-likeness (QED) is 0.848. The summed E-state index contributed by atoms with van der Waals surface area (Å²) in [5, 5.41) is 0. The molecule has 1 fully saturated rings. The second-order valence-electron chi connectivity index (χ2n) is 5.78. The zero-order valence-electron chi connectivity index (χ0n) is 13.8. The van der Waals surface area contributed by atoms with Gasteiger partial charge < -0.3 is 20.3 Å². The number of amides is 1. The molecular weight excluding hydrogens is 278 g/mol. The van der Waals surface area contributed by atoms with Crippen molar-refractivity contribution >= 4 is 11.6 Å². The van der Waals surface area contributed by atoms with Crippen LogP contribution in [0.1, 0.15) is 37.0 Å². The minimum atomic E-state index is 0.0681. The van der Waals surface area contributed by atoms with Crippen LogP contribution in [0.3, 0.4) is 0 Å². The average molecular weight is 305 g/mol. The van der Waals surface area contributed by atoms with Gasteiger partial charge in [-0.25, -0.2) is 0 Å². The number of benzene rings is 1. The molecule has 0 radical (unpaired) electrons. The first-order valence-corrected chi connectivity index (χ1v) is 8.08. The lowest BCUT2D eigenvalue weighted by atomic mass is 10.0. The molecule has 2 N–H and O–H groups in total. The number of hydrogen-bond donors (Lipinski definition) is 1. The van der Waals surface area contributed by atoms with Gasteiger partial charge in [-0.3, -0.25) is 4.79 Å². The predicted octanol–water partition coefficient (Wildman–Crippen LogP) is 2.22. The molecule has 1 aliphatic heterocycles. The van der Waals surface area contributed by atoms with Crippen molar-refractivity contribution in [3.8, 4) is 5.75 Å². The van der Waals surface area contributed by atoms with E-state index in [0.29, 0.717) is 29.6 Å². The van der Waals surface area contributed by atoms with Crippen molar-refractivity contribution in [1.82, 2.24) is 9.80 Å². The molecule has 0 saturated carbocycles. The van der Waals surface area contributed by atoms with Crippen LogP contribution in [-0.2, 0) is 0 Å². The van der Waals surface area contributed by atoms with Gasteiger partial charge in [-0.2, -0.15) is 0 Å². The third-order valence-corrected chi connectivity index (χ3v) is 4.43. The number of piperidine rings is 1. The summed E-state index contributed by atoms with van der Waals surface area (Å²) >= 11 is 0. The zero-order valence-corrected chi connectivity index (χ0v) is 13.8. The molecule has 0 unspecified atom stereocenters. The number of nitrogens with zero attached hydrogens (tertiary/aromatic N) is 2. The van der Waals surface area contributed by atoms with E-state index in [-0.39, 0.29) is 5.91 Å². The summed E-state index contributed by atoms with van der Waals surface area (Å²) in [6.45, 7) is 7.28. The highest BCUT2D eigenvalue weighted by molar-refractivity contribution is 5.95. The average Bonchev–Trinajstić information content (AvgIpc) is 2.56. The molecule has 5 nitrogen and oxygen atoms in total. The van der Waals surface area contributed by atoms with Gasteiger partial charge in [0.15, 0.2) is 0 Å².